The summed E-state index contributed by atoms with van der Waals surface area (Å²) in [6.45, 7) is 1.79. The first-order chi connectivity index (χ1) is 14.1. The molecule has 0 unspecified atom stereocenters. The largest absolute Gasteiger partial charge is 0.455 e. The lowest BCUT2D eigenvalue weighted by atomic mass is 10.1. The predicted octanol–water partition coefficient (Wildman–Crippen LogP) is 4.15. The molecule has 1 aromatic heterocycles. The van der Waals surface area contributed by atoms with Crippen LogP contribution in [0.15, 0.2) is 54.6 Å². The molecule has 2 aromatic carbocycles. The summed E-state index contributed by atoms with van der Waals surface area (Å²) in [5, 5.41) is 3.67. The van der Waals surface area contributed by atoms with Gasteiger partial charge >= 0.3 is 5.97 Å². The molecule has 3 aromatic rings. The monoisotopic (exact) mass is 406 g/mol. The Balaban J connectivity index is 1.53. The van der Waals surface area contributed by atoms with Gasteiger partial charge in [-0.05, 0) is 25.3 Å². The molecule has 1 N–H and O–H groups in total. The molecule has 0 radical (unpaired) electrons. The molecular formula is C23H22N2O3S. The zero-order valence-corrected chi connectivity index (χ0v) is 17.0. The molecule has 0 spiro atoms. The van der Waals surface area contributed by atoms with Crippen molar-refractivity contribution >= 4 is 23.2 Å². The van der Waals surface area contributed by atoms with Gasteiger partial charge in [-0.1, -0.05) is 60.2 Å². The first-order valence-corrected chi connectivity index (χ1v) is 10.5. The molecule has 29 heavy (non-hydrogen) atoms. The number of thiazole rings is 1. The number of carbonyl (C=O) groups is 2. The van der Waals surface area contributed by atoms with Crippen LogP contribution in [0.1, 0.15) is 24.1 Å². The molecule has 1 aliphatic carbocycles. The number of amides is 1. The highest BCUT2D eigenvalue weighted by molar-refractivity contribution is 7.18. The second-order valence-corrected chi connectivity index (χ2v) is 8.21. The van der Waals surface area contributed by atoms with E-state index in [1.165, 1.54) is 5.56 Å². The third-order valence-electron chi connectivity index (χ3n) is 4.65. The Labute approximate surface area is 173 Å². The summed E-state index contributed by atoms with van der Waals surface area (Å²) in [7, 11) is 0. The fourth-order valence-electron chi connectivity index (χ4n) is 2.94. The number of hydrogen-bond acceptors (Lipinski definition) is 5. The fourth-order valence-corrected chi connectivity index (χ4v) is 4.03. The van der Waals surface area contributed by atoms with Crippen LogP contribution in [0.25, 0.3) is 21.0 Å². The zero-order valence-electron chi connectivity index (χ0n) is 16.2. The number of nitrogens with one attached hydrogen (secondary N) is 1. The topological polar surface area (TPSA) is 68.3 Å². The van der Waals surface area contributed by atoms with E-state index in [9.17, 15) is 9.59 Å². The molecule has 1 fully saturated rings. The molecule has 0 saturated heterocycles. The van der Waals surface area contributed by atoms with Gasteiger partial charge in [-0.3, -0.25) is 9.59 Å². The number of nitrogens with zero attached hydrogens (tertiary/aromatic N) is 1. The van der Waals surface area contributed by atoms with Crippen LogP contribution in [0.4, 0.5) is 0 Å². The van der Waals surface area contributed by atoms with Gasteiger partial charge < -0.3 is 10.1 Å². The number of carbonyl (C=O) groups excluding carboxylic acids is 2. The van der Waals surface area contributed by atoms with Crippen molar-refractivity contribution in [1.82, 2.24) is 10.3 Å². The SMILES string of the molecule is Cc1ccc(-c2sc(-c3ccccc3)nc2CC(=O)OCC(=O)NC2CC2)cc1. The van der Waals surface area contributed by atoms with Gasteiger partial charge in [0.1, 0.15) is 5.01 Å². The Morgan fingerprint density at radius 2 is 1.79 bits per heavy atom. The van der Waals surface area contributed by atoms with Gasteiger partial charge in [0, 0.05) is 11.6 Å². The quantitative estimate of drug-likeness (QED) is 0.599. The van der Waals surface area contributed by atoms with Crippen molar-refractivity contribution in [3.05, 3.63) is 65.9 Å². The predicted molar refractivity (Wildman–Crippen MR) is 114 cm³/mol. The molecule has 4 rings (SSSR count). The molecule has 0 aliphatic heterocycles. The minimum absolute atomic E-state index is 0.0310. The van der Waals surface area contributed by atoms with E-state index in [-0.39, 0.29) is 25.0 Å². The van der Waals surface area contributed by atoms with Gasteiger partial charge in [0.15, 0.2) is 6.61 Å². The van der Waals surface area contributed by atoms with Gasteiger partial charge in [0.05, 0.1) is 17.0 Å². The molecule has 1 amide bonds. The van der Waals surface area contributed by atoms with Crippen molar-refractivity contribution in [3.63, 3.8) is 0 Å². The maximum absolute atomic E-state index is 12.4. The van der Waals surface area contributed by atoms with Crippen LogP contribution in [-0.4, -0.2) is 29.5 Å². The van der Waals surface area contributed by atoms with Crippen molar-refractivity contribution in [2.24, 2.45) is 0 Å². The van der Waals surface area contributed by atoms with Crippen LogP contribution in [0, 0.1) is 6.92 Å². The van der Waals surface area contributed by atoms with Crippen molar-refractivity contribution in [3.8, 4) is 21.0 Å². The second kappa shape index (κ2) is 8.57. The fraction of sp³-hybridized carbons (Fsp3) is 0.261. The Bertz CT molecular complexity index is 1010. The van der Waals surface area contributed by atoms with Crippen LogP contribution in [-0.2, 0) is 20.7 Å². The van der Waals surface area contributed by atoms with Gasteiger partial charge in [-0.15, -0.1) is 11.3 Å². The summed E-state index contributed by atoms with van der Waals surface area (Å²) in [6.07, 6.45) is 2.03. The van der Waals surface area contributed by atoms with Crippen LogP contribution in [0.5, 0.6) is 0 Å². The number of hydrogen-bond donors (Lipinski definition) is 1. The number of aryl methyl sites for hydroxylation is 1. The number of ether oxygens (including phenoxy) is 1. The second-order valence-electron chi connectivity index (χ2n) is 7.21. The summed E-state index contributed by atoms with van der Waals surface area (Å²) in [6, 6.07) is 18.3. The smallest absolute Gasteiger partial charge is 0.312 e. The average molecular weight is 407 g/mol. The van der Waals surface area contributed by atoms with E-state index in [4.69, 9.17) is 9.72 Å². The Morgan fingerprint density at radius 3 is 2.48 bits per heavy atom. The van der Waals surface area contributed by atoms with Crippen molar-refractivity contribution in [2.75, 3.05) is 6.61 Å². The number of benzene rings is 2. The molecule has 0 bridgehead atoms. The van der Waals surface area contributed by atoms with E-state index >= 15 is 0 Å². The van der Waals surface area contributed by atoms with Crippen LogP contribution in [0.3, 0.4) is 0 Å². The lowest BCUT2D eigenvalue weighted by Gasteiger charge is -2.06. The van der Waals surface area contributed by atoms with E-state index in [0.717, 1.165) is 33.9 Å². The normalized spacial score (nSPS) is 13.1. The summed E-state index contributed by atoms with van der Waals surface area (Å²) >= 11 is 1.56. The van der Waals surface area contributed by atoms with Crippen LogP contribution < -0.4 is 5.32 Å². The van der Waals surface area contributed by atoms with Gasteiger partial charge in [0.2, 0.25) is 0 Å². The third-order valence-corrected chi connectivity index (χ3v) is 5.85. The highest BCUT2D eigenvalue weighted by Crippen LogP contribution is 2.36. The average Bonchev–Trinajstić information content (AvgIpc) is 3.45. The zero-order chi connectivity index (χ0) is 20.2. The summed E-state index contributed by atoms with van der Waals surface area (Å²) in [5.74, 6) is -0.697. The lowest BCUT2D eigenvalue weighted by molar-refractivity contribution is -0.147. The highest BCUT2D eigenvalue weighted by Gasteiger charge is 2.24. The van der Waals surface area contributed by atoms with E-state index in [1.807, 2.05) is 61.5 Å². The lowest BCUT2D eigenvalue weighted by Crippen LogP contribution is -2.30. The maximum Gasteiger partial charge on any atom is 0.312 e. The molecule has 6 heteroatoms. The summed E-state index contributed by atoms with van der Waals surface area (Å²) in [4.78, 5) is 29.8. The minimum Gasteiger partial charge on any atom is -0.455 e. The highest BCUT2D eigenvalue weighted by atomic mass is 32.1. The molecule has 148 valence electrons. The minimum atomic E-state index is -0.450. The van der Waals surface area contributed by atoms with E-state index in [2.05, 4.69) is 5.32 Å². The van der Waals surface area contributed by atoms with Crippen LogP contribution in [0.2, 0.25) is 0 Å². The first kappa shape index (κ1) is 19.3. The van der Waals surface area contributed by atoms with E-state index < -0.39 is 5.97 Å². The Morgan fingerprint density at radius 1 is 1.07 bits per heavy atom. The maximum atomic E-state index is 12.4. The Kier molecular flexibility index (Phi) is 5.71. The molecule has 1 saturated carbocycles. The molecule has 5 nitrogen and oxygen atoms in total. The molecule has 0 atom stereocenters. The van der Waals surface area contributed by atoms with Crippen molar-refractivity contribution in [2.45, 2.75) is 32.2 Å². The van der Waals surface area contributed by atoms with E-state index in [1.54, 1.807) is 11.3 Å². The number of esters is 1. The molecule has 1 heterocycles. The summed E-state index contributed by atoms with van der Waals surface area (Å²) in [5.41, 5.74) is 3.87. The molecule has 1 aliphatic rings. The number of rotatable bonds is 7. The summed E-state index contributed by atoms with van der Waals surface area (Å²) < 4.78 is 5.18. The standard InChI is InChI=1S/C23H22N2O3S/c1-15-7-9-16(10-8-15)22-19(25-23(29-22)17-5-3-2-4-6-17)13-21(27)28-14-20(26)24-18-11-12-18/h2-10,18H,11-14H2,1H3,(H,24,26). The Hall–Kier alpha value is -2.99. The van der Waals surface area contributed by atoms with E-state index in [0.29, 0.717) is 5.69 Å². The van der Waals surface area contributed by atoms with Crippen LogP contribution >= 0.6 is 11.3 Å². The van der Waals surface area contributed by atoms with Crippen molar-refractivity contribution in [1.29, 1.82) is 0 Å². The third kappa shape index (κ3) is 5.09. The van der Waals surface area contributed by atoms with Crippen molar-refractivity contribution < 1.29 is 14.3 Å². The molecular weight excluding hydrogens is 384 g/mol. The van der Waals surface area contributed by atoms with Gasteiger partial charge in [-0.2, -0.15) is 0 Å². The van der Waals surface area contributed by atoms with Gasteiger partial charge in [0.25, 0.3) is 5.91 Å². The number of aromatic nitrogens is 1. The first-order valence-electron chi connectivity index (χ1n) is 9.65. The van der Waals surface area contributed by atoms with Gasteiger partial charge in [-0.25, -0.2) is 4.98 Å².